The molecule has 0 bridgehead atoms. The van der Waals surface area contributed by atoms with Crippen molar-refractivity contribution in [3.8, 4) is 0 Å². The molecule has 7 heavy (non-hydrogen) atoms. The van der Waals surface area contributed by atoms with Crippen LogP contribution in [0.25, 0.3) is 4.85 Å². The number of nitrogens with zero attached hydrogens (tertiary/aromatic N) is 1. The van der Waals surface area contributed by atoms with Crippen LogP contribution in [0, 0.1) is 6.57 Å². The Kier molecular flexibility index (Phi) is 1.23. The molecular formula is C4H3Cl2N. The molecule has 0 aliphatic rings. The Morgan fingerprint density at radius 3 is 2.57 bits per heavy atom. The summed E-state index contributed by atoms with van der Waals surface area (Å²) in [4.78, 5) is 2.66. The Morgan fingerprint density at radius 2 is 2.43 bits per heavy atom. The van der Waals surface area contributed by atoms with E-state index in [9.17, 15) is 0 Å². The predicted octanol–water partition coefficient (Wildman–Crippen LogP) is 2.57. The molecule has 0 radical (unpaired) electrons. The lowest BCUT2D eigenvalue weighted by Crippen LogP contribution is -1.58. The van der Waals surface area contributed by atoms with E-state index in [0.717, 1.165) is 0 Å². The van der Waals surface area contributed by atoms with Crippen LogP contribution < -0.4 is 0 Å². The van der Waals surface area contributed by atoms with E-state index in [1.807, 2.05) is 0 Å². The first-order chi connectivity index (χ1) is 4.39. The summed E-state index contributed by atoms with van der Waals surface area (Å²) in [5, 5.41) is -1.08. The maximum Gasteiger partial charge on any atom is 0.266 e. The van der Waals surface area contributed by atoms with E-state index < -0.39 is 17.0 Å². The van der Waals surface area contributed by atoms with Gasteiger partial charge in [-0.05, 0) is 6.85 Å². The number of rotatable bonds is 0. The van der Waals surface area contributed by atoms with Gasteiger partial charge in [0.25, 0.3) is 5.16 Å². The molecule has 3 heteroatoms. The van der Waals surface area contributed by atoms with Crippen LogP contribution in [0.2, 0.25) is 0 Å². The second-order valence-electron chi connectivity index (χ2n) is 0.717. The Bertz CT molecular complexity index is 200. The van der Waals surface area contributed by atoms with E-state index in [4.69, 9.17) is 33.9 Å². The number of hydrogen-bond donors (Lipinski definition) is 0. The monoisotopic (exact) mass is 138 g/mol. The van der Waals surface area contributed by atoms with Crippen LogP contribution in [0.15, 0.2) is 10.2 Å². The summed E-state index contributed by atoms with van der Waals surface area (Å²) in [6.45, 7) is 3.85. The van der Waals surface area contributed by atoms with Crippen molar-refractivity contribution in [1.29, 1.82) is 0 Å². The topological polar surface area (TPSA) is 4.36 Å². The van der Waals surface area contributed by atoms with Crippen molar-refractivity contribution in [1.82, 2.24) is 0 Å². The highest BCUT2D eigenvalue weighted by Crippen LogP contribution is 2.12. The minimum Gasteiger partial charge on any atom is -0.224 e. The molecule has 0 aliphatic carbocycles. The molecule has 0 saturated carbocycles. The summed E-state index contributed by atoms with van der Waals surface area (Å²) in [6, 6.07) is 0. The Morgan fingerprint density at radius 1 is 1.86 bits per heavy atom. The largest absolute Gasteiger partial charge is 0.266 e. The lowest BCUT2D eigenvalue weighted by molar-refractivity contribution is 1.63. The zero-order valence-corrected chi connectivity index (χ0v) is 4.72. The maximum absolute atomic E-state index is 6.69. The SMILES string of the molecule is [2H]C([2H])([2H])/C(Cl)=C(/Cl)[N+]#[C-]. The Labute approximate surface area is 56.6 Å². The highest BCUT2D eigenvalue weighted by molar-refractivity contribution is 6.39. The van der Waals surface area contributed by atoms with Gasteiger partial charge in [0.05, 0.1) is 6.57 Å². The summed E-state index contributed by atoms with van der Waals surface area (Å²) in [5.41, 5.74) is 0. The fourth-order valence-corrected chi connectivity index (χ4v) is 0.0913. The molecular weight excluding hydrogens is 133 g/mol. The number of halogens is 2. The molecule has 0 unspecified atom stereocenters. The molecule has 0 atom stereocenters. The van der Waals surface area contributed by atoms with Gasteiger partial charge in [0.2, 0.25) is 0 Å². The van der Waals surface area contributed by atoms with Crippen LogP contribution in [-0.2, 0) is 0 Å². The van der Waals surface area contributed by atoms with Crippen molar-refractivity contribution in [2.24, 2.45) is 0 Å². The third-order valence-electron chi connectivity index (χ3n) is 0.279. The van der Waals surface area contributed by atoms with Gasteiger partial charge in [-0.25, -0.2) is 4.85 Å². The van der Waals surface area contributed by atoms with Gasteiger partial charge >= 0.3 is 0 Å². The Hall–Kier alpha value is -0.190. The molecule has 0 fully saturated rings. The smallest absolute Gasteiger partial charge is 0.224 e. The molecule has 0 spiro atoms. The van der Waals surface area contributed by atoms with Gasteiger partial charge in [0.15, 0.2) is 0 Å². The summed E-state index contributed by atoms with van der Waals surface area (Å²) in [7, 11) is 0. The minimum absolute atomic E-state index is 0.498. The second kappa shape index (κ2) is 2.90. The minimum atomic E-state index is -2.47. The first kappa shape index (κ1) is 2.96. The molecule has 0 rings (SSSR count). The molecule has 0 heterocycles. The van der Waals surface area contributed by atoms with Gasteiger partial charge in [-0.3, -0.25) is 0 Å². The fraction of sp³-hybridized carbons (Fsp3) is 0.250. The molecule has 0 aliphatic heterocycles. The average Bonchev–Trinajstić information content (AvgIpc) is 1.83. The van der Waals surface area contributed by atoms with Crippen LogP contribution in [0.4, 0.5) is 0 Å². The van der Waals surface area contributed by atoms with Gasteiger partial charge in [-0.1, -0.05) is 0 Å². The summed E-state index contributed by atoms with van der Waals surface area (Å²) in [6.07, 6.45) is 0. The quantitative estimate of drug-likeness (QED) is 0.358. The van der Waals surface area contributed by atoms with Crippen LogP contribution in [0.3, 0.4) is 0 Å². The zero-order valence-electron chi connectivity index (χ0n) is 6.20. The van der Waals surface area contributed by atoms with E-state index in [2.05, 4.69) is 4.85 Å². The van der Waals surface area contributed by atoms with Crippen LogP contribution in [-0.4, -0.2) is 0 Å². The maximum atomic E-state index is 6.69. The normalized spacial score (nSPS) is 20.4. The van der Waals surface area contributed by atoms with Crippen LogP contribution in [0.5, 0.6) is 0 Å². The molecule has 0 amide bonds. The van der Waals surface area contributed by atoms with Gasteiger partial charge in [-0.2, -0.15) is 0 Å². The third-order valence-corrected chi connectivity index (χ3v) is 0.829. The molecule has 38 valence electrons. The van der Waals surface area contributed by atoms with Crippen molar-refractivity contribution in [3.63, 3.8) is 0 Å². The van der Waals surface area contributed by atoms with Crippen molar-refractivity contribution in [2.75, 3.05) is 0 Å². The number of hydrogen-bond acceptors (Lipinski definition) is 0. The standard InChI is InChI=1S/C4H3Cl2N/c1-3(5)4(6)7-2/h1H3/b4-3+/i1D3. The van der Waals surface area contributed by atoms with E-state index >= 15 is 0 Å². The Balaban J connectivity index is 4.69. The van der Waals surface area contributed by atoms with Crippen LogP contribution >= 0.6 is 23.2 Å². The summed E-state index contributed by atoms with van der Waals surface area (Å²) < 4.78 is 20.1. The van der Waals surface area contributed by atoms with Gasteiger partial charge < -0.3 is 0 Å². The van der Waals surface area contributed by atoms with Gasteiger partial charge in [-0.15, -0.1) is 23.2 Å². The van der Waals surface area contributed by atoms with E-state index in [1.165, 1.54) is 0 Å². The number of allylic oxidation sites excluding steroid dienone is 1. The summed E-state index contributed by atoms with van der Waals surface area (Å²) in [5.74, 6) is 0. The molecule has 1 nitrogen and oxygen atoms in total. The highest BCUT2D eigenvalue weighted by atomic mass is 35.5. The molecule has 0 aromatic carbocycles. The molecule has 0 aromatic heterocycles. The van der Waals surface area contributed by atoms with Crippen molar-refractivity contribution >= 4 is 23.2 Å². The average molecular weight is 139 g/mol. The predicted molar refractivity (Wildman–Crippen MR) is 31.0 cm³/mol. The van der Waals surface area contributed by atoms with Crippen molar-refractivity contribution in [2.45, 2.75) is 6.85 Å². The third kappa shape index (κ3) is 2.50. The first-order valence-electron chi connectivity index (χ1n) is 2.83. The van der Waals surface area contributed by atoms with Crippen molar-refractivity contribution in [3.05, 3.63) is 21.6 Å². The van der Waals surface area contributed by atoms with E-state index in [-0.39, 0.29) is 0 Å². The van der Waals surface area contributed by atoms with Gasteiger partial charge in [0, 0.05) is 9.14 Å². The van der Waals surface area contributed by atoms with E-state index in [0.29, 0.717) is 0 Å². The lowest BCUT2D eigenvalue weighted by Gasteiger charge is -1.79. The second-order valence-corrected chi connectivity index (χ2v) is 1.45. The van der Waals surface area contributed by atoms with Gasteiger partial charge in [0.1, 0.15) is 0 Å². The van der Waals surface area contributed by atoms with Crippen molar-refractivity contribution < 1.29 is 4.11 Å². The highest BCUT2D eigenvalue weighted by Gasteiger charge is 1.89. The van der Waals surface area contributed by atoms with Crippen LogP contribution in [0.1, 0.15) is 11.0 Å². The molecule has 0 N–H and O–H groups in total. The first-order valence-corrected chi connectivity index (χ1v) is 2.08. The van der Waals surface area contributed by atoms with E-state index in [1.54, 1.807) is 0 Å². The lowest BCUT2D eigenvalue weighted by atomic mass is 10.7. The molecule has 0 aromatic rings. The fourth-order valence-electron chi connectivity index (χ4n) is 0.0491. The zero-order chi connectivity index (χ0) is 8.36. The summed E-state index contributed by atoms with van der Waals surface area (Å²) >= 11 is 10.3. The molecule has 0 saturated heterocycles.